The van der Waals surface area contributed by atoms with Crippen LogP contribution in [0.4, 0.5) is 0 Å². The van der Waals surface area contributed by atoms with E-state index in [9.17, 15) is 13.5 Å². The van der Waals surface area contributed by atoms with E-state index in [2.05, 4.69) is 0 Å². The summed E-state index contributed by atoms with van der Waals surface area (Å²) < 4.78 is 26.1. The number of benzene rings is 1. The van der Waals surface area contributed by atoms with E-state index in [0.717, 1.165) is 11.1 Å². The van der Waals surface area contributed by atoms with Crippen molar-refractivity contribution < 1.29 is 13.5 Å². The minimum atomic E-state index is -3.46. The van der Waals surface area contributed by atoms with Crippen molar-refractivity contribution >= 4 is 10.0 Å². The van der Waals surface area contributed by atoms with Crippen LogP contribution in [0.3, 0.4) is 0 Å². The van der Waals surface area contributed by atoms with Crippen molar-refractivity contribution in [1.29, 1.82) is 0 Å². The van der Waals surface area contributed by atoms with Crippen LogP contribution in [-0.4, -0.2) is 36.5 Å². The molecule has 0 radical (unpaired) electrons. The summed E-state index contributed by atoms with van der Waals surface area (Å²) in [4.78, 5) is 0.339. The zero-order valence-electron chi connectivity index (χ0n) is 11.0. The highest BCUT2D eigenvalue weighted by Gasteiger charge is 2.46. The molecule has 2 rings (SSSR count). The van der Waals surface area contributed by atoms with Gasteiger partial charge < -0.3 is 5.11 Å². The summed E-state index contributed by atoms with van der Waals surface area (Å²) in [5.74, 6) is 0. The highest BCUT2D eigenvalue weighted by molar-refractivity contribution is 7.89. The summed E-state index contributed by atoms with van der Waals surface area (Å²) in [7, 11) is -3.46. The average Bonchev–Trinajstić information content (AvgIpc) is 2.24. The summed E-state index contributed by atoms with van der Waals surface area (Å²) in [5, 5.41) is 9.91. The highest BCUT2D eigenvalue weighted by atomic mass is 32.2. The molecule has 0 aromatic heterocycles. The lowest BCUT2D eigenvalue weighted by Gasteiger charge is -2.45. The Kier molecular flexibility index (Phi) is 3.25. The number of β-amino-alcohol motifs (C(OH)–C–C–N with tert-alkyl or cyclic N) is 1. The van der Waals surface area contributed by atoms with Gasteiger partial charge in [0, 0.05) is 13.1 Å². The molecule has 18 heavy (non-hydrogen) atoms. The van der Waals surface area contributed by atoms with Crippen molar-refractivity contribution in [1.82, 2.24) is 4.31 Å². The summed E-state index contributed by atoms with van der Waals surface area (Å²) >= 11 is 0. The van der Waals surface area contributed by atoms with E-state index in [4.69, 9.17) is 0 Å². The molecule has 1 aromatic rings. The van der Waals surface area contributed by atoms with Crippen molar-refractivity contribution in [2.45, 2.75) is 37.7 Å². The molecule has 0 spiro atoms. The smallest absolute Gasteiger partial charge is 0.243 e. The number of rotatable bonds is 3. The Labute approximate surface area is 108 Å². The fourth-order valence-electron chi connectivity index (χ4n) is 2.23. The Bertz CT molecular complexity index is 560. The third-order valence-corrected chi connectivity index (χ3v) is 5.50. The van der Waals surface area contributed by atoms with Crippen LogP contribution in [-0.2, 0) is 10.0 Å². The zero-order valence-corrected chi connectivity index (χ0v) is 11.8. The molecular weight excluding hydrogens is 250 g/mol. The molecular formula is C13H19NO3S. The Hall–Kier alpha value is -0.910. The molecule has 5 heteroatoms. The molecule has 4 nitrogen and oxygen atoms in total. The number of aryl methyl sites for hydroxylation is 2. The van der Waals surface area contributed by atoms with Crippen LogP contribution in [0.1, 0.15) is 24.5 Å². The molecule has 0 amide bonds. The second kappa shape index (κ2) is 4.33. The summed E-state index contributed by atoms with van der Waals surface area (Å²) in [5.41, 5.74) is 0.952. The van der Waals surface area contributed by atoms with Crippen molar-refractivity contribution in [3.05, 3.63) is 29.3 Å². The zero-order chi connectivity index (χ0) is 13.6. The molecule has 100 valence electrons. The highest BCUT2D eigenvalue weighted by Crippen LogP contribution is 2.31. The molecule has 0 saturated carbocycles. The minimum absolute atomic E-state index is 0.194. The predicted octanol–water partition coefficient (Wildman–Crippen LogP) is 1.45. The first-order chi connectivity index (χ1) is 8.28. The lowest BCUT2D eigenvalue weighted by atomic mass is 9.94. The van der Waals surface area contributed by atoms with Gasteiger partial charge in [-0.2, -0.15) is 4.31 Å². The van der Waals surface area contributed by atoms with Crippen LogP contribution in [0.2, 0.25) is 0 Å². The van der Waals surface area contributed by atoms with Gasteiger partial charge in [-0.25, -0.2) is 8.42 Å². The first kappa shape index (κ1) is 13.5. The number of nitrogens with zero attached hydrogens (tertiary/aromatic N) is 1. The van der Waals surface area contributed by atoms with Gasteiger partial charge >= 0.3 is 0 Å². The van der Waals surface area contributed by atoms with Gasteiger partial charge in [-0.15, -0.1) is 0 Å². The van der Waals surface area contributed by atoms with Crippen molar-refractivity contribution in [3.8, 4) is 0 Å². The molecule has 1 fully saturated rings. The lowest BCUT2D eigenvalue weighted by Crippen LogP contribution is -2.62. The largest absolute Gasteiger partial charge is 0.387 e. The molecule has 0 unspecified atom stereocenters. The van der Waals surface area contributed by atoms with E-state index in [1.54, 1.807) is 19.1 Å². The van der Waals surface area contributed by atoms with Gasteiger partial charge in [-0.3, -0.25) is 0 Å². The van der Waals surface area contributed by atoms with E-state index >= 15 is 0 Å². The number of sulfonamides is 1. The van der Waals surface area contributed by atoms with Crippen LogP contribution in [0.25, 0.3) is 0 Å². The summed E-state index contributed by atoms with van der Waals surface area (Å²) in [6.07, 6.45) is 0.575. The molecule has 1 N–H and O–H groups in total. The van der Waals surface area contributed by atoms with E-state index in [1.165, 1.54) is 4.31 Å². The molecule has 0 bridgehead atoms. The van der Waals surface area contributed by atoms with Gasteiger partial charge in [0.15, 0.2) is 0 Å². The maximum atomic E-state index is 12.4. The topological polar surface area (TPSA) is 57.6 Å². The monoisotopic (exact) mass is 269 g/mol. The van der Waals surface area contributed by atoms with Crippen molar-refractivity contribution in [3.63, 3.8) is 0 Å². The van der Waals surface area contributed by atoms with Gasteiger partial charge in [0.25, 0.3) is 0 Å². The Morgan fingerprint density at radius 2 is 1.94 bits per heavy atom. The maximum Gasteiger partial charge on any atom is 0.243 e. The van der Waals surface area contributed by atoms with Gasteiger partial charge in [0.1, 0.15) is 0 Å². The van der Waals surface area contributed by atoms with Gasteiger partial charge in [0.2, 0.25) is 10.0 Å². The van der Waals surface area contributed by atoms with Crippen LogP contribution in [0, 0.1) is 13.8 Å². The normalized spacial score (nSPS) is 19.6. The van der Waals surface area contributed by atoms with Gasteiger partial charge in [-0.05, 0) is 31.9 Å². The second-order valence-corrected chi connectivity index (χ2v) is 7.03. The number of aliphatic hydroxyl groups is 1. The quantitative estimate of drug-likeness (QED) is 0.903. The van der Waals surface area contributed by atoms with Gasteiger partial charge in [0.05, 0.1) is 10.5 Å². The first-order valence-electron chi connectivity index (χ1n) is 6.08. The number of hydrogen-bond donors (Lipinski definition) is 1. The van der Waals surface area contributed by atoms with E-state index in [0.29, 0.717) is 11.3 Å². The molecule has 1 aromatic carbocycles. The summed E-state index contributed by atoms with van der Waals surface area (Å²) in [6, 6.07) is 5.30. The SMILES string of the molecule is CCC1(O)CN(S(=O)(=O)c2ccc(C)cc2C)C1. The van der Waals surface area contributed by atoms with Crippen molar-refractivity contribution in [2.24, 2.45) is 0 Å². The van der Waals surface area contributed by atoms with Crippen molar-refractivity contribution in [2.75, 3.05) is 13.1 Å². The second-order valence-electron chi connectivity index (χ2n) is 5.12. The lowest BCUT2D eigenvalue weighted by molar-refractivity contribution is -0.0613. The predicted molar refractivity (Wildman–Crippen MR) is 69.9 cm³/mol. The van der Waals surface area contributed by atoms with Crippen LogP contribution in [0.15, 0.2) is 23.1 Å². The standard InChI is InChI=1S/C13H19NO3S/c1-4-13(15)8-14(9-13)18(16,17)12-6-5-10(2)7-11(12)3/h5-7,15H,4,8-9H2,1-3H3. The van der Waals surface area contributed by atoms with Crippen LogP contribution < -0.4 is 0 Å². The summed E-state index contributed by atoms with van der Waals surface area (Å²) in [6.45, 7) is 5.98. The van der Waals surface area contributed by atoms with E-state index in [1.807, 2.05) is 19.9 Å². The Morgan fingerprint density at radius 1 is 1.33 bits per heavy atom. The molecule has 1 saturated heterocycles. The van der Waals surface area contributed by atoms with Gasteiger partial charge in [-0.1, -0.05) is 24.6 Å². The molecule has 0 atom stereocenters. The fourth-order valence-corrected chi connectivity index (χ4v) is 4.04. The van der Waals surface area contributed by atoms with Crippen LogP contribution >= 0.6 is 0 Å². The third kappa shape index (κ3) is 2.18. The van der Waals surface area contributed by atoms with E-state index < -0.39 is 15.6 Å². The average molecular weight is 269 g/mol. The molecule has 1 heterocycles. The first-order valence-corrected chi connectivity index (χ1v) is 7.52. The molecule has 0 aliphatic carbocycles. The molecule has 1 aliphatic heterocycles. The number of hydrogen-bond acceptors (Lipinski definition) is 3. The minimum Gasteiger partial charge on any atom is -0.387 e. The molecule has 1 aliphatic rings. The van der Waals surface area contributed by atoms with E-state index in [-0.39, 0.29) is 13.1 Å². The fraction of sp³-hybridized carbons (Fsp3) is 0.538. The third-order valence-electron chi connectivity index (χ3n) is 3.55. The Balaban J connectivity index is 2.28. The maximum absolute atomic E-state index is 12.4. The van der Waals surface area contributed by atoms with Crippen LogP contribution in [0.5, 0.6) is 0 Å². The Morgan fingerprint density at radius 3 is 2.44 bits per heavy atom.